The second kappa shape index (κ2) is 11.3. The lowest BCUT2D eigenvalue weighted by Gasteiger charge is -2.38. The number of nitrogens with zero attached hydrogens (tertiary/aromatic N) is 2. The molecule has 38 heavy (non-hydrogen) atoms. The first-order chi connectivity index (χ1) is 18.0. The van der Waals surface area contributed by atoms with Crippen molar-refractivity contribution in [3.63, 3.8) is 0 Å². The van der Waals surface area contributed by atoms with Crippen LogP contribution < -0.4 is 10.1 Å². The van der Waals surface area contributed by atoms with E-state index in [2.05, 4.69) is 5.32 Å². The molecule has 2 aromatic rings. The molecule has 0 unspecified atom stereocenters. The fourth-order valence-electron chi connectivity index (χ4n) is 4.62. The minimum Gasteiger partial charge on any atom is -0.486 e. The van der Waals surface area contributed by atoms with Gasteiger partial charge in [0.15, 0.2) is 5.75 Å². The molecule has 3 atom stereocenters. The van der Waals surface area contributed by atoms with Gasteiger partial charge >= 0.3 is 6.18 Å². The van der Waals surface area contributed by atoms with E-state index in [9.17, 15) is 27.9 Å². The molecule has 4 rings (SSSR count). The van der Waals surface area contributed by atoms with Gasteiger partial charge in [-0.3, -0.25) is 14.5 Å². The van der Waals surface area contributed by atoms with Crippen LogP contribution in [0, 0.1) is 11.8 Å². The number of hydrogen-bond donors (Lipinski definition) is 2. The molecule has 10 heteroatoms. The number of halogens is 3. The Labute approximate surface area is 220 Å². The predicted octanol–water partition coefficient (Wildman–Crippen LogP) is 4.41. The molecule has 1 heterocycles. The third-order valence-electron chi connectivity index (χ3n) is 7.12. The highest BCUT2D eigenvalue weighted by Gasteiger charge is 2.36. The number of fused-ring (bicyclic) bond motifs is 1. The van der Waals surface area contributed by atoms with Crippen LogP contribution in [0.2, 0.25) is 0 Å². The molecule has 1 fully saturated rings. The molecule has 2 N–H and O–H groups in total. The number of carbonyl (C=O) groups excluding carboxylic acids is 2. The quantitative estimate of drug-likeness (QED) is 0.526. The molecule has 7 nitrogen and oxygen atoms in total. The first-order valence-electron chi connectivity index (χ1n) is 12.8. The Morgan fingerprint density at radius 2 is 1.89 bits per heavy atom. The van der Waals surface area contributed by atoms with E-state index in [1.54, 1.807) is 30.0 Å². The molecular formula is C28H34F3N3O4. The van der Waals surface area contributed by atoms with Crippen molar-refractivity contribution in [1.82, 2.24) is 9.80 Å². The number of aliphatic hydroxyl groups is 1. The van der Waals surface area contributed by atoms with Crippen LogP contribution in [0.15, 0.2) is 42.5 Å². The number of carbonyl (C=O) groups is 2. The summed E-state index contributed by atoms with van der Waals surface area (Å²) in [6.07, 6.45) is -3.14. The van der Waals surface area contributed by atoms with E-state index in [0.29, 0.717) is 36.6 Å². The zero-order valence-corrected chi connectivity index (χ0v) is 21.8. The molecule has 1 aliphatic carbocycles. The summed E-state index contributed by atoms with van der Waals surface area (Å²) < 4.78 is 45.3. The number of amides is 2. The second-order valence-corrected chi connectivity index (χ2v) is 10.5. The van der Waals surface area contributed by atoms with Gasteiger partial charge < -0.3 is 20.1 Å². The number of rotatable bonds is 8. The zero-order chi connectivity index (χ0) is 27.6. The van der Waals surface area contributed by atoms with Crippen molar-refractivity contribution in [3.05, 3.63) is 59.2 Å². The summed E-state index contributed by atoms with van der Waals surface area (Å²) >= 11 is 0. The normalized spacial score (nSPS) is 20.8. The largest absolute Gasteiger partial charge is 0.486 e. The topological polar surface area (TPSA) is 82.1 Å². The summed E-state index contributed by atoms with van der Waals surface area (Å²) in [7, 11) is 1.85. The average Bonchev–Trinajstić information content (AvgIpc) is 3.71. The van der Waals surface area contributed by atoms with Gasteiger partial charge in [0.25, 0.3) is 5.91 Å². The molecule has 0 radical (unpaired) electrons. The molecule has 206 valence electrons. The van der Waals surface area contributed by atoms with Crippen LogP contribution in [0.5, 0.6) is 5.75 Å². The van der Waals surface area contributed by atoms with Crippen molar-refractivity contribution in [2.75, 3.05) is 32.1 Å². The first kappa shape index (κ1) is 27.9. The highest BCUT2D eigenvalue weighted by atomic mass is 19.4. The molecular weight excluding hydrogens is 499 g/mol. The van der Waals surface area contributed by atoms with Gasteiger partial charge in [0.05, 0.1) is 29.5 Å². The number of likely N-dealkylation sites (N-methyl/N-ethyl adjacent to an activating group) is 1. The van der Waals surface area contributed by atoms with E-state index in [-0.39, 0.29) is 30.3 Å². The predicted molar refractivity (Wildman–Crippen MR) is 137 cm³/mol. The lowest BCUT2D eigenvalue weighted by atomic mass is 9.98. The summed E-state index contributed by atoms with van der Waals surface area (Å²) in [6, 6.07) is 9.71. The van der Waals surface area contributed by atoms with Crippen LogP contribution in [0.25, 0.3) is 0 Å². The average molecular weight is 534 g/mol. The standard InChI is InChI=1S/C28H34F3N3O4/c1-17-13-34(18(2)16-35)27(37)22-5-4-6-23(32-26(36)20-9-10-20)25(22)38-24(17)15-33(3)14-19-7-11-21(12-8-19)28(29,30)31/h4-8,11-12,17-18,20,24,35H,9-10,13-16H2,1-3H3,(H,32,36)/t17-,18-,24+/m0/s1. The highest BCUT2D eigenvalue weighted by Crippen LogP contribution is 2.37. The number of benzene rings is 2. The number of aliphatic hydroxyl groups excluding tert-OH is 1. The first-order valence-corrected chi connectivity index (χ1v) is 12.8. The molecule has 0 spiro atoms. The van der Waals surface area contributed by atoms with Crippen molar-refractivity contribution in [2.45, 2.75) is 51.6 Å². The van der Waals surface area contributed by atoms with Gasteiger partial charge in [0.1, 0.15) is 6.10 Å². The van der Waals surface area contributed by atoms with Gasteiger partial charge in [-0.1, -0.05) is 25.1 Å². The molecule has 0 saturated heterocycles. The van der Waals surface area contributed by atoms with Gasteiger partial charge in [0.2, 0.25) is 5.91 Å². The molecule has 1 aliphatic heterocycles. The molecule has 2 aromatic carbocycles. The Morgan fingerprint density at radius 1 is 1.21 bits per heavy atom. The van der Waals surface area contributed by atoms with E-state index in [0.717, 1.165) is 30.5 Å². The van der Waals surface area contributed by atoms with Crippen LogP contribution in [0.3, 0.4) is 0 Å². The Balaban J connectivity index is 1.59. The van der Waals surface area contributed by atoms with Crippen molar-refractivity contribution in [2.24, 2.45) is 11.8 Å². The van der Waals surface area contributed by atoms with E-state index in [4.69, 9.17) is 4.74 Å². The van der Waals surface area contributed by atoms with E-state index in [1.165, 1.54) is 12.1 Å². The second-order valence-electron chi connectivity index (χ2n) is 10.5. The third kappa shape index (κ3) is 6.47. The van der Waals surface area contributed by atoms with Gasteiger partial charge in [-0.25, -0.2) is 0 Å². The number of para-hydroxylation sites is 1. The van der Waals surface area contributed by atoms with Crippen molar-refractivity contribution in [3.8, 4) is 5.75 Å². The Bertz CT molecular complexity index is 1150. The van der Waals surface area contributed by atoms with E-state index in [1.807, 2.05) is 18.9 Å². The van der Waals surface area contributed by atoms with Crippen LogP contribution >= 0.6 is 0 Å². The minimum absolute atomic E-state index is 0.0365. The van der Waals surface area contributed by atoms with Crippen molar-refractivity contribution < 1.29 is 32.6 Å². The third-order valence-corrected chi connectivity index (χ3v) is 7.12. The van der Waals surface area contributed by atoms with Crippen LogP contribution in [0.1, 0.15) is 48.2 Å². The van der Waals surface area contributed by atoms with Crippen LogP contribution in [0.4, 0.5) is 18.9 Å². The Hall–Kier alpha value is -3.11. The molecule has 1 saturated carbocycles. The maximum atomic E-state index is 13.5. The lowest BCUT2D eigenvalue weighted by molar-refractivity contribution is -0.137. The van der Waals surface area contributed by atoms with Crippen LogP contribution in [-0.4, -0.2) is 65.6 Å². The summed E-state index contributed by atoms with van der Waals surface area (Å²) in [6.45, 7) is 4.69. The number of anilines is 1. The Morgan fingerprint density at radius 3 is 2.50 bits per heavy atom. The molecule has 2 amide bonds. The molecule has 2 aliphatic rings. The van der Waals surface area contributed by atoms with E-state index >= 15 is 0 Å². The highest BCUT2D eigenvalue weighted by molar-refractivity contribution is 6.02. The summed E-state index contributed by atoms with van der Waals surface area (Å²) in [5.74, 6) is -0.288. The minimum atomic E-state index is -4.39. The monoisotopic (exact) mass is 533 g/mol. The molecule has 0 aromatic heterocycles. The number of ether oxygens (including phenoxy) is 1. The van der Waals surface area contributed by atoms with Crippen LogP contribution in [-0.2, 0) is 17.5 Å². The van der Waals surface area contributed by atoms with Crippen molar-refractivity contribution in [1.29, 1.82) is 0 Å². The fraction of sp³-hybridized carbons (Fsp3) is 0.500. The number of hydrogen-bond acceptors (Lipinski definition) is 5. The van der Waals surface area contributed by atoms with E-state index < -0.39 is 23.9 Å². The van der Waals surface area contributed by atoms with Gasteiger partial charge in [-0.15, -0.1) is 0 Å². The smallest absolute Gasteiger partial charge is 0.416 e. The fourth-order valence-corrected chi connectivity index (χ4v) is 4.62. The molecule has 0 bridgehead atoms. The van der Waals surface area contributed by atoms with Gasteiger partial charge in [-0.05, 0) is 56.6 Å². The number of alkyl halides is 3. The Kier molecular flexibility index (Phi) is 8.32. The summed E-state index contributed by atoms with van der Waals surface area (Å²) in [4.78, 5) is 29.7. The summed E-state index contributed by atoms with van der Waals surface area (Å²) in [5.41, 5.74) is 0.763. The van der Waals surface area contributed by atoms with Gasteiger partial charge in [0, 0.05) is 31.5 Å². The van der Waals surface area contributed by atoms with Crippen molar-refractivity contribution >= 4 is 17.5 Å². The lowest BCUT2D eigenvalue weighted by Crippen LogP contribution is -2.49. The van der Waals surface area contributed by atoms with Gasteiger partial charge in [-0.2, -0.15) is 13.2 Å². The maximum absolute atomic E-state index is 13.5. The zero-order valence-electron chi connectivity index (χ0n) is 21.8. The number of nitrogens with one attached hydrogen (secondary N) is 1. The summed E-state index contributed by atoms with van der Waals surface area (Å²) in [5, 5.41) is 12.7. The SMILES string of the molecule is C[C@H]1CN([C@@H](C)CO)C(=O)c2cccc(NC(=O)C3CC3)c2O[C@@H]1CN(C)Cc1ccc(C(F)(F)F)cc1. The maximum Gasteiger partial charge on any atom is 0.416 e.